The van der Waals surface area contributed by atoms with Crippen molar-refractivity contribution in [2.45, 2.75) is 6.54 Å². The highest BCUT2D eigenvalue weighted by atomic mass is 16.7. The second-order valence-electron chi connectivity index (χ2n) is 6.59. The second-order valence-corrected chi connectivity index (χ2v) is 6.59. The first-order valence-electron chi connectivity index (χ1n) is 8.96. The predicted octanol–water partition coefficient (Wildman–Crippen LogP) is 3.92. The van der Waals surface area contributed by atoms with Gasteiger partial charge in [0.1, 0.15) is 0 Å². The van der Waals surface area contributed by atoms with Crippen LogP contribution in [0.1, 0.15) is 31.8 Å². The fourth-order valence-electron chi connectivity index (χ4n) is 3.20. The van der Waals surface area contributed by atoms with E-state index in [2.05, 4.69) is 0 Å². The lowest BCUT2D eigenvalue weighted by Crippen LogP contribution is -2.28. The van der Waals surface area contributed by atoms with Crippen molar-refractivity contribution in [2.24, 2.45) is 0 Å². The first kappa shape index (κ1) is 17.8. The molecule has 5 heteroatoms. The number of hydrogen-bond donors (Lipinski definition) is 0. The van der Waals surface area contributed by atoms with E-state index in [1.807, 2.05) is 36.4 Å². The molecule has 0 aliphatic carbocycles. The van der Waals surface area contributed by atoms with Gasteiger partial charge in [-0.05, 0) is 23.8 Å². The first-order chi connectivity index (χ1) is 13.6. The molecule has 0 saturated heterocycles. The van der Waals surface area contributed by atoms with Gasteiger partial charge in [-0.15, -0.1) is 0 Å². The normalized spacial score (nSPS) is 11.9. The molecular formula is C23H19NO4. The van der Waals surface area contributed by atoms with E-state index in [1.165, 1.54) is 0 Å². The molecule has 1 amide bonds. The van der Waals surface area contributed by atoms with Crippen molar-refractivity contribution in [3.63, 3.8) is 0 Å². The van der Waals surface area contributed by atoms with Gasteiger partial charge in [0.25, 0.3) is 5.91 Å². The Morgan fingerprint density at radius 3 is 2.32 bits per heavy atom. The molecule has 0 fully saturated rings. The van der Waals surface area contributed by atoms with Gasteiger partial charge in [-0.1, -0.05) is 54.6 Å². The number of rotatable bonds is 5. The Labute approximate surface area is 163 Å². The molecule has 140 valence electrons. The van der Waals surface area contributed by atoms with Crippen LogP contribution < -0.4 is 9.47 Å². The minimum Gasteiger partial charge on any atom is -0.454 e. The van der Waals surface area contributed by atoms with Crippen molar-refractivity contribution in [1.82, 2.24) is 4.90 Å². The molecule has 0 spiro atoms. The molecule has 0 radical (unpaired) electrons. The van der Waals surface area contributed by atoms with Gasteiger partial charge in [0.05, 0.1) is 5.56 Å². The Morgan fingerprint density at radius 1 is 0.857 bits per heavy atom. The fraction of sp³-hybridized carbons (Fsp3) is 0.130. The minimum atomic E-state index is -0.211. The summed E-state index contributed by atoms with van der Waals surface area (Å²) in [4.78, 5) is 27.5. The van der Waals surface area contributed by atoms with Gasteiger partial charge >= 0.3 is 0 Å². The van der Waals surface area contributed by atoms with E-state index in [9.17, 15) is 9.59 Å². The maximum atomic E-state index is 13.1. The zero-order valence-corrected chi connectivity index (χ0v) is 15.4. The number of ether oxygens (including phenoxy) is 2. The zero-order chi connectivity index (χ0) is 19.5. The standard InChI is InChI=1S/C23H19NO4/c1-24(14-16-11-12-20-21(13-16)28-15-27-20)23(26)19-10-6-5-9-18(19)22(25)17-7-3-2-4-8-17/h2-13H,14-15H2,1H3. The molecule has 28 heavy (non-hydrogen) atoms. The summed E-state index contributed by atoms with van der Waals surface area (Å²) >= 11 is 0. The summed E-state index contributed by atoms with van der Waals surface area (Å²) in [5.41, 5.74) is 2.27. The van der Waals surface area contributed by atoms with Gasteiger partial charge in [-0.2, -0.15) is 0 Å². The summed E-state index contributed by atoms with van der Waals surface area (Å²) in [5, 5.41) is 0. The molecule has 0 aromatic heterocycles. The summed E-state index contributed by atoms with van der Waals surface area (Å²) < 4.78 is 10.7. The highest BCUT2D eigenvalue weighted by molar-refractivity contribution is 6.15. The zero-order valence-electron chi connectivity index (χ0n) is 15.4. The van der Waals surface area contributed by atoms with Crippen LogP contribution in [0.4, 0.5) is 0 Å². The lowest BCUT2D eigenvalue weighted by molar-refractivity contribution is 0.0780. The smallest absolute Gasteiger partial charge is 0.254 e. The van der Waals surface area contributed by atoms with Crippen molar-refractivity contribution >= 4 is 11.7 Å². The van der Waals surface area contributed by atoms with E-state index < -0.39 is 0 Å². The highest BCUT2D eigenvalue weighted by Gasteiger charge is 2.21. The molecule has 3 aromatic rings. The Morgan fingerprint density at radius 2 is 1.54 bits per heavy atom. The Hall–Kier alpha value is -3.60. The third-order valence-corrected chi connectivity index (χ3v) is 4.64. The number of amides is 1. The number of hydrogen-bond acceptors (Lipinski definition) is 4. The average molecular weight is 373 g/mol. The molecular weight excluding hydrogens is 354 g/mol. The van der Waals surface area contributed by atoms with E-state index in [0.717, 1.165) is 5.56 Å². The molecule has 1 aliphatic heterocycles. The Balaban J connectivity index is 1.57. The summed E-state index contributed by atoms with van der Waals surface area (Å²) in [6, 6.07) is 21.5. The highest BCUT2D eigenvalue weighted by Crippen LogP contribution is 2.32. The lowest BCUT2D eigenvalue weighted by atomic mass is 9.97. The predicted molar refractivity (Wildman–Crippen MR) is 105 cm³/mol. The van der Waals surface area contributed by atoms with Gasteiger partial charge in [0.15, 0.2) is 17.3 Å². The van der Waals surface area contributed by atoms with E-state index in [1.54, 1.807) is 48.3 Å². The van der Waals surface area contributed by atoms with Crippen LogP contribution in [-0.2, 0) is 6.54 Å². The molecule has 1 heterocycles. The average Bonchev–Trinajstić information content (AvgIpc) is 3.21. The number of ketones is 1. The van der Waals surface area contributed by atoms with Crippen LogP contribution in [0.15, 0.2) is 72.8 Å². The number of nitrogens with zero attached hydrogens (tertiary/aromatic N) is 1. The maximum absolute atomic E-state index is 13.1. The second kappa shape index (κ2) is 7.56. The molecule has 0 saturated carbocycles. The first-order valence-corrected chi connectivity index (χ1v) is 8.96. The molecule has 4 rings (SSSR count). The quantitative estimate of drug-likeness (QED) is 0.636. The molecule has 0 bridgehead atoms. The molecule has 0 atom stereocenters. The van der Waals surface area contributed by atoms with Crippen molar-refractivity contribution in [1.29, 1.82) is 0 Å². The van der Waals surface area contributed by atoms with Crippen LogP contribution in [0.5, 0.6) is 11.5 Å². The van der Waals surface area contributed by atoms with Gasteiger partial charge < -0.3 is 14.4 Å². The van der Waals surface area contributed by atoms with Crippen LogP contribution in [0.25, 0.3) is 0 Å². The molecule has 0 N–H and O–H groups in total. The maximum Gasteiger partial charge on any atom is 0.254 e. The molecule has 5 nitrogen and oxygen atoms in total. The summed E-state index contributed by atoms with van der Waals surface area (Å²) in [6.07, 6.45) is 0. The summed E-state index contributed by atoms with van der Waals surface area (Å²) in [5.74, 6) is 1.01. The fourth-order valence-corrected chi connectivity index (χ4v) is 3.20. The summed E-state index contributed by atoms with van der Waals surface area (Å²) in [6.45, 7) is 0.603. The monoisotopic (exact) mass is 373 g/mol. The van der Waals surface area contributed by atoms with Gasteiger partial charge in [-0.25, -0.2) is 0 Å². The number of carbonyl (C=O) groups excluding carboxylic acids is 2. The summed E-state index contributed by atoms with van der Waals surface area (Å²) in [7, 11) is 1.72. The largest absolute Gasteiger partial charge is 0.454 e. The Bertz CT molecular complexity index is 1030. The number of fused-ring (bicyclic) bond motifs is 1. The van der Waals surface area contributed by atoms with Crippen molar-refractivity contribution in [3.8, 4) is 11.5 Å². The van der Waals surface area contributed by atoms with Crippen LogP contribution in [-0.4, -0.2) is 30.4 Å². The number of carbonyl (C=O) groups is 2. The van der Waals surface area contributed by atoms with Gasteiger partial charge in [0.2, 0.25) is 6.79 Å². The topological polar surface area (TPSA) is 55.8 Å². The lowest BCUT2D eigenvalue weighted by Gasteiger charge is -2.19. The van der Waals surface area contributed by atoms with E-state index in [0.29, 0.717) is 34.7 Å². The van der Waals surface area contributed by atoms with Crippen molar-refractivity contribution in [2.75, 3.05) is 13.8 Å². The van der Waals surface area contributed by atoms with E-state index in [4.69, 9.17) is 9.47 Å². The van der Waals surface area contributed by atoms with E-state index >= 15 is 0 Å². The minimum absolute atomic E-state index is 0.166. The molecule has 3 aromatic carbocycles. The van der Waals surface area contributed by atoms with Crippen LogP contribution in [0.3, 0.4) is 0 Å². The van der Waals surface area contributed by atoms with Crippen molar-refractivity contribution in [3.05, 3.63) is 95.1 Å². The van der Waals surface area contributed by atoms with Gasteiger partial charge in [0, 0.05) is 24.7 Å². The third kappa shape index (κ3) is 3.47. The van der Waals surface area contributed by atoms with Crippen molar-refractivity contribution < 1.29 is 19.1 Å². The van der Waals surface area contributed by atoms with E-state index in [-0.39, 0.29) is 18.5 Å². The van der Waals surface area contributed by atoms with Crippen LogP contribution in [0, 0.1) is 0 Å². The van der Waals surface area contributed by atoms with Crippen LogP contribution >= 0.6 is 0 Å². The SMILES string of the molecule is CN(Cc1ccc2c(c1)OCO2)C(=O)c1ccccc1C(=O)c1ccccc1. The molecule has 0 unspecified atom stereocenters. The molecule has 1 aliphatic rings. The number of benzene rings is 3. The van der Waals surface area contributed by atoms with Gasteiger partial charge in [-0.3, -0.25) is 9.59 Å². The Kier molecular flexibility index (Phi) is 4.81. The third-order valence-electron chi connectivity index (χ3n) is 4.64. The van der Waals surface area contributed by atoms with Crippen LogP contribution in [0.2, 0.25) is 0 Å².